The van der Waals surface area contributed by atoms with Crippen molar-refractivity contribution in [2.24, 2.45) is 11.8 Å². The van der Waals surface area contributed by atoms with Crippen molar-refractivity contribution in [3.05, 3.63) is 35.9 Å². The number of ether oxygens (including phenoxy) is 2. The average Bonchev–Trinajstić information content (AvgIpc) is 2.90. The molecule has 1 aliphatic heterocycles. The monoisotopic (exact) mass is 359 g/mol. The molecule has 3 rings (SSSR count). The number of carboxylic acid groups (broad SMARTS) is 1. The van der Waals surface area contributed by atoms with E-state index in [-0.39, 0.29) is 18.2 Å². The number of carboxylic acids is 1. The molecule has 0 spiro atoms. The predicted molar refractivity (Wildman–Crippen MR) is 91.7 cm³/mol. The van der Waals surface area contributed by atoms with Crippen molar-refractivity contribution < 1.29 is 29.0 Å². The summed E-state index contributed by atoms with van der Waals surface area (Å²) in [5.41, 5.74) is 0.526. The van der Waals surface area contributed by atoms with Gasteiger partial charge in [0.25, 0.3) is 0 Å². The highest BCUT2D eigenvalue weighted by Gasteiger charge is 2.50. The first kappa shape index (κ1) is 18.0. The van der Waals surface area contributed by atoms with Gasteiger partial charge in [-0.2, -0.15) is 0 Å². The average molecular weight is 359 g/mol. The molecule has 7 heteroatoms. The van der Waals surface area contributed by atoms with Gasteiger partial charge in [-0.1, -0.05) is 18.2 Å². The van der Waals surface area contributed by atoms with Crippen molar-refractivity contribution >= 4 is 17.8 Å². The number of hydrogen-bond acceptors (Lipinski definition) is 5. The summed E-state index contributed by atoms with van der Waals surface area (Å²) in [5.74, 6) is -1.58. The molecule has 26 heavy (non-hydrogen) atoms. The number of amides is 2. The lowest BCUT2D eigenvalue weighted by Gasteiger charge is -2.26. The number of carbonyl (C=O) groups excluding carboxylic acids is 2. The Labute approximate surface area is 151 Å². The number of likely N-dealkylation sites (tertiary alicyclic amines) is 1. The first-order valence-corrected chi connectivity index (χ1v) is 8.43. The predicted octanol–water partition coefficient (Wildman–Crippen LogP) is 2.17. The van der Waals surface area contributed by atoms with Gasteiger partial charge in [0, 0.05) is 0 Å². The quantitative estimate of drug-likeness (QED) is 0.618. The fourth-order valence-electron chi connectivity index (χ4n) is 3.72. The SMILES string of the molecule is COc1ccc([C@@H](CC(=O)O)N2C(=O)[C@H]3CC=CC[C@H]3C2=O)cc1OC. The number of aliphatic carboxylic acids is 1. The minimum absolute atomic E-state index is 0.301. The summed E-state index contributed by atoms with van der Waals surface area (Å²) in [5, 5.41) is 9.35. The summed E-state index contributed by atoms with van der Waals surface area (Å²) in [6.07, 6.45) is 4.46. The van der Waals surface area contributed by atoms with Gasteiger partial charge in [-0.25, -0.2) is 0 Å². The lowest BCUT2D eigenvalue weighted by molar-refractivity contribution is -0.145. The summed E-state index contributed by atoms with van der Waals surface area (Å²) in [7, 11) is 2.97. The van der Waals surface area contributed by atoms with Crippen LogP contribution in [0.5, 0.6) is 11.5 Å². The van der Waals surface area contributed by atoms with Crippen molar-refractivity contribution in [1.29, 1.82) is 0 Å². The van der Waals surface area contributed by atoms with Crippen LogP contribution in [0.4, 0.5) is 0 Å². The smallest absolute Gasteiger partial charge is 0.305 e. The van der Waals surface area contributed by atoms with Crippen LogP contribution in [0.3, 0.4) is 0 Å². The maximum absolute atomic E-state index is 12.8. The second-order valence-corrected chi connectivity index (χ2v) is 6.43. The Morgan fingerprint density at radius 2 is 1.69 bits per heavy atom. The maximum atomic E-state index is 12.8. The number of methoxy groups -OCH3 is 2. The molecule has 1 aliphatic carbocycles. The number of imide groups is 1. The summed E-state index contributed by atoms with van der Waals surface area (Å²) in [6, 6.07) is 4.05. The van der Waals surface area contributed by atoms with E-state index in [9.17, 15) is 19.5 Å². The van der Waals surface area contributed by atoms with Crippen LogP contribution >= 0.6 is 0 Å². The topological polar surface area (TPSA) is 93.1 Å². The van der Waals surface area contributed by atoms with Gasteiger partial charge < -0.3 is 14.6 Å². The number of rotatable bonds is 6. The van der Waals surface area contributed by atoms with Crippen LogP contribution in [0.25, 0.3) is 0 Å². The van der Waals surface area contributed by atoms with Crippen LogP contribution in [0.15, 0.2) is 30.4 Å². The molecule has 0 aromatic heterocycles. The van der Waals surface area contributed by atoms with E-state index in [0.717, 1.165) is 4.90 Å². The molecule has 7 nitrogen and oxygen atoms in total. The van der Waals surface area contributed by atoms with Gasteiger partial charge in [0.1, 0.15) is 0 Å². The van der Waals surface area contributed by atoms with Gasteiger partial charge in [-0.05, 0) is 30.5 Å². The Morgan fingerprint density at radius 1 is 1.12 bits per heavy atom. The minimum atomic E-state index is -1.08. The molecule has 2 aliphatic rings. The highest BCUT2D eigenvalue weighted by atomic mass is 16.5. The Balaban J connectivity index is 2.00. The number of allylic oxidation sites excluding steroid dienone is 2. The number of benzene rings is 1. The summed E-state index contributed by atoms with van der Waals surface area (Å²) >= 11 is 0. The van der Waals surface area contributed by atoms with Crippen molar-refractivity contribution in [2.75, 3.05) is 14.2 Å². The fourth-order valence-corrected chi connectivity index (χ4v) is 3.72. The third-order valence-corrected chi connectivity index (χ3v) is 5.01. The maximum Gasteiger partial charge on any atom is 0.305 e. The van der Waals surface area contributed by atoms with Gasteiger partial charge in [0.2, 0.25) is 11.8 Å². The molecule has 2 amide bonds. The third-order valence-electron chi connectivity index (χ3n) is 5.01. The van der Waals surface area contributed by atoms with Gasteiger partial charge in [-0.3, -0.25) is 19.3 Å². The van der Waals surface area contributed by atoms with E-state index in [4.69, 9.17) is 9.47 Å². The highest BCUT2D eigenvalue weighted by Crippen LogP contribution is 2.41. The van der Waals surface area contributed by atoms with E-state index in [1.165, 1.54) is 14.2 Å². The van der Waals surface area contributed by atoms with Gasteiger partial charge >= 0.3 is 5.97 Å². The molecule has 1 heterocycles. The van der Waals surface area contributed by atoms with Gasteiger partial charge in [0.05, 0.1) is 38.5 Å². The van der Waals surface area contributed by atoms with E-state index < -0.39 is 23.8 Å². The Hall–Kier alpha value is -2.83. The molecule has 0 unspecified atom stereocenters. The summed E-state index contributed by atoms with van der Waals surface area (Å²) in [6.45, 7) is 0. The van der Waals surface area contributed by atoms with Crippen LogP contribution in [-0.4, -0.2) is 42.0 Å². The van der Waals surface area contributed by atoms with Gasteiger partial charge in [-0.15, -0.1) is 0 Å². The number of hydrogen-bond donors (Lipinski definition) is 1. The zero-order valence-electron chi connectivity index (χ0n) is 14.7. The lowest BCUT2D eigenvalue weighted by Crippen LogP contribution is -2.36. The number of nitrogens with zero attached hydrogens (tertiary/aromatic N) is 1. The Morgan fingerprint density at radius 3 is 2.19 bits per heavy atom. The number of carbonyl (C=O) groups is 3. The second kappa shape index (κ2) is 7.19. The molecular weight excluding hydrogens is 338 g/mol. The van der Waals surface area contributed by atoms with Crippen molar-refractivity contribution in [1.82, 2.24) is 4.90 Å². The number of fused-ring (bicyclic) bond motifs is 1. The zero-order chi connectivity index (χ0) is 18.8. The fraction of sp³-hybridized carbons (Fsp3) is 0.421. The van der Waals surface area contributed by atoms with E-state index >= 15 is 0 Å². The molecule has 1 aromatic carbocycles. The summed E-state index contributed by atoms with van der Waals surface area (Å²) < 4.78 is 10.5. The Bertz CT molecular complexity index is 745. The molecule has 0 bridgehead atoms. The first-order chi connectivity index (χ1) is 12.5. The summed E-state index contributed by atoms with van der Waals surface area (Å²) in [4.78, 5) is 38.3. The van der Waals surface area contributed by atoms with Crippen LogP contribution < -0.4 is 9.47 Å². The van der Waals surface area contributed by atoms with Crippen molar-refractivity contribution in [3.63, 3.8) is 0 Å². The molecule has 1 N–H and O–H groups in total. The first-order valence-electron chi connectivity index (χ1n) is 8.43. The molecule has 1 fully saturated rings. The molecule has 0 saturated carbocycles. The third kappa shape index (κ3) is 3.05. The molecule has 1 aromatic rings. The highest BCUT2D eigenvalue weighted by molar-refractivity contribution is 6.06. The molecule has 3 atom stereocenters. The van der Waals surface area contributed by atoms with Gasteiger partial charge in [0.15, 0.2) is 11.5 Å². The van der Waals surface area contributed by atoms with E-state index in [1.54, 1.807) is 18.2 Å². The van der Waals surface area contributed by atoms with Crippen LogP contribution in [0.2, 0.25) is 0 Å². The second-order valence-electron chi connectivity index (χ2n) is 6.43. The molecule has 1 saturated heterocycles. The van der Waals surface area contributed by atoms with Crippen molar-refractivity contribution in [3.8, 4) is 11.5 Å². The van der Waals surface area contributed by atoms with E-state index in [2.05, 4.69) is 0 Å². The van der Waals surface area contributed by atoms with E-state index in [1.807, 2.05) is 12.2 Å². The molecular formula is C19H21NO6. The minimum Gasteiger partial charge on any atom is -0.493 e. The largest absolute Gasteiger partial charge is 0.493 e. The van der Waals surface area contributed by atoms with Crippen LogP contribution in [0, 0.1) is 11.8 Å². The zero-order valence-corrected chi connectivity index (χ0v) is 14.7. The van der Waals surface area contributed by atoms with Crippen molar-refractivity contribution in [2.45, 2.75) is 25.3 Å². The van der Waals surface area contributed by atoms with Crippen LogP contribution in [0.1, 0.15) is 30.9 Å². The van der Waals surface area contributed by atoms with E-state index in [0.29, 0.717) is 29.9 Å². The molecule has 138 valence electrons. The normalized spacial score (nSPS) is 22.9. The van der Waals surface area contributed by atoms with Crippen LogP contribution in [-0.2, 0) is 14.4 Å². The standard InChI is InChI=1S/C19H21NO6/c1-25-15-8-7-11(9-16(15)26-2)14(10-17(21)22)20-18(23)12-5-3-4-6-13(12)19(20)24/h3-4,7-9,12-14H,5-6,10H2,1-2H3,(H,21,22)/t12-,13+,14-/m1/s1. The Kier molecular flexibility index (Phi) is 4.97. The molecule has 0 radical (unpaired) electrons. The lowest BCUT2D eigenvalue weighted by atomic mass is 9.85.